The number of rotatable bonds is 2. The van der Waals surface area contributed by atoms with Crippen LogP contribution in [-0.2, 0) is 16.0 Å². The van der Waals surface area contributed by atoms with Crippen LogP contribution in [0.5, 0.6) is 5.75 Å². The van der Waals surface area contributed by atoms with E-state index >= 15 is 0 Å². The first-order valence-electron chi connectivity index (χ1n) is 4.92. The van der Waals surface area contributed by atoms with E-state index in [9.17, 15) is 4.79 Å². The molecule has 1 heterocycles. The van der Waals surface area contributed by atoms with Crippen LogP contribution in [0.25, 0.3) is 0 Å². The van der Waals surface area contributed by atoms with Gasteiger partial charge in [0.05, 0.1) is 6.61 Å². The van der Waals surface area contributed by atoms with Gasteiger partial charge in [0.1, 0.15) is 5.75 Å². The van der Waals surface area contributed by atoms with Crippen LogP contribution in [0.2, 0.25) is 0 Å². The van der Waals surface area contributed by atoms with Crippen LogP contribution in [-0.4, -0.2) is 18.7 Å². The summed E-state index contributed by atoms with van der Waals surface area (Å²) in [4.78, 5) is 11.4. The minimum absolute atomic E-state index is 0.313. The molecule has 4 heteroatoms. The molecule has 0 radical (unpaired) electrons. The summed E-state index contributed by atoms with van der Waals surface area (Å²) in [7, 11) is 0. The molecule has 1 atom stereocenters. The second-order valence-corrected chi connectivity index (χ2v) is 3.43. The molecule has 1 aromatic rings. The van der Waals surface area contributed by atoms with Crippen LogP contribution in [0.4, 0.5) is 5.69 Å². The molecule has 0 fully saturated rings. The van der Waals surface area contributed by atoms with Crippen molar-refractivity contribution in [2.45, 2.75) is 19.4 Å². The Hall–Kier alpha value is -1.71. The van der Waals surface area contributed by atoms with Crippen molar-refractivity contribution in [1.82, 2.24) is 0 Å². The van der Waals surface area contributed by atoms with Gasteiger partial charge >= 0.3 is 5.97 Å². The van der Waals surface area contributed by atoms with Gasteiger partial charge in [0.2, 0.25) is 0 Å². The van der Waals surface area contributed by atoms with E-state index in [4.69, 9.17) is 15.2 Å². The smallest absolute Gasteiger partial charge is 0.347 e. The minimum atomic E-state index is -0.512. The summed E-state index contributed by atoms with van der Waals surface area (Å²) in [5, 5.41) is 0. The highest BCUT2D eigenvalue weighted by molar-refractivity contribution is 5.77. The quantitative estimate of drug-likeness (QED) is 0.583. The van der Waals surface area contributed by atoms with Gasteiger partial charge in [-0.05, 0) is 25.1 Å². The minimum Gasteiger partial charge on any atom is -0.478 e. The fraction of sp³-hybridized carbons (Fsp3) is 0.364. The largest absolute Gasteiger partial charge is 0.478 e. The molecule has 15 heavy (non-hydrogen) atoms. The lowest BCUT2D eigenvalue weighted by atomic mass is 10.1. The van der Waals surface area contributed by atoms with Gasteiger partial charge in [-0.15, -0.1) is 0 Å². The molecule has 0 aromatic heterocycles. The highest BCUT2D eigenvalue weighted by Gasteiger charge is 2.30. The highest BCUT2D eigenvalue weighted by atomic mass is 16.6. The van der Waals surface area contributed by atoms with E-state index in [0.717, 1.165) is 11.3 Å². The maximum Gasteiger partial charge on any atom is 0.347 e. The summed E-state index contributed by atoms with van der Waals surface area (Å²) >= 11 is 0. The number of hydrogen-bond acceptors (Lipinski definition) is 4. The average Bonchev–Trinajstić information content (AvgIpc) is 2.60. The second kappa shape index (κ2) is 3.81. The first-order chi connectivity index (χ1) is 7.20. The molecule has 2 rings (SSSR count). The fourth-order valence-electron chi connectivity index (χ4n) is 1.64. The first kappa shape index (κ1) is 9.83. The number of anilines is 1. The number of ether oxygens (including phenoxy) is 2. The van der Waals surface area contributed by atoms with Crippen molar-refractivity contribution in [3.8, 4) is 5.75 Å². The monoisotopic (exact) mass is 207 g/mol. The third kappa shape index (κ3) is 1.88. The Morgan fingerprint density at radius 1 is 1.67 bits per heavy atom. The molecule has 0 amide bonds. The third-order valence-corrected chi connectivity index (χ3v) is 2.31. The number of fused-ring (bicyclic) bond motifs is 1. The van der Waals surface area contributed by atoms with Crippen LogP contribution in [0.3, 0.4) is 0 Å². The summed E-state index contributed by atoms with van der Waals surface area (Å²) in [6.45, 7) is 2.15. The maximum atomic E-state index is 11.4. The van der Waals surface area contributed by atoms with Gasteiger partial charge in [-0.3, -0.25) is 0 Å². The van der Waals surface area contributed by atoms with E-state index in [2.05, 4.69) is 0 Å². The predicted molar refractivity (Wildman–Crippen MR) is 55.6 cm³/mol. The van der Waals surface area contributed by atoms with Crippen molar-refractivity contribution in [3.05, 3.63) is 23.8 Å². The summed E-state index contributed by atoms with van der Waals surface area (Å²) < 4.78 is 10.3. The fourth-order valence-corrected chi connectivity index (χ4v) is 1.64. The summed E-state index contributed by atoms with van der Waals surface area (Å²) in [5.41, 5.74) is 7.29. The van der Waals surface area contributed by atoms with E-state index in [1.807, 2.05) is 6.07 Å². The average molecular weight is 207 g/mol. The molecule has 2 N–H and O–H groups in total. The van der Waals surface area contributed by atoms with Gasteiger partial charge in [0, 0.05) is 17.7 Å². The normalized spacial score (nSPS) is 18.1. The highest BCUT2D eigenvalue weighted by Crippen LogP contribution is 2.30. The Kier molecular flexibility index (Phi) is 2.49. The number of nitrogens with two attached hydrogens (primary N) is 1. The lowest BCUT2D eigenvalue weighted by Crippen LogP contribution is -2.27. The molecule has 0 aliphatic carbocycles. The van der Waals surface area contributed by atoms with E-state index in [0.29, 0.717) is 18.7 Å². The van der Waals surface area contributed by atoms with E-state index in [1.54, 1.807) is 19.1 Å². The Bertz CT molecular complexity index is 389. The molecular weight excluding hydrogens is 194 g/mol. The molecule has 1 aliphatic rings. The molecule has 0 spiro atoms. The zero-order valence-corrected chi connectivity index (χ0v) is 8.53. The predicted octanol–water partition coefficient (Wildman–Crippen LogP) is 1.14. The number of benzene rings is 1. The van der Waals surface area contributed by atoms with Gasteiger partial charge in [-0.1, -0.05) is 0 Å². The molecule has 1 aliphatic heterocycles. The standard InChI is InChI=1S/C11H13NO3/c1-2-14-11(13)10-6-7-5-8(12)3-4-9(7)15-10/h3-5,10H,2,6,12H2,1H3. The zero-order valence-electron chi connectivity index (χ0n) is 8.53. The first-order valence-corrected chi connectivity index (χ1v) is 4.92. The van der Waals surface area contributed by atoms with Gasteiger partial charge in [-0.25, -0.2) is 4.79 Å². The molecule has 0 bridgehead atoms. The van der Waals surface area contributed by atoms with Crippen LogP contribution >= 0.6 is 0 Å². The molecule has 0 saturated heterocycles. The molecule has 0 saturated carbocycles. The number of carbonyl (C=O) groups is 1. The van der Waals surface area contributed by atoms with Crippen LogP contribution < -0.4 is 10.5 Å². The molecule has 80 valence electrons. The van der Waals surface area contributed by atoms with E-state index in [1.165, 1.54) is 0 Å². The molecular formula is C11H13NO3. The Morgan fingerprint density at radius 2 is 2.47 bits per heavy atom. The van der Waals surface area contributed by atoms with E-state index in [-0.39, 0.29) is 5.97 Å². The lowest BCUT2D eigenvalue weighted by molar-refractivity contribution is -0.150. The van der Waals surface area contributed by atoms with E-state index < -0.39 is 6.10 Å². The van der Waals surface area contributed by atoms with Crippen molar-refractivity contribution in [3.63, 3.8) is 0 Å². The van der Waals surface area contributed by atoms with Crippen LogP contribution in [0.15, 0.2) is 18.2 Å². The Balaban J connectivity index is 2.12. The van der Waals surface area contributed by atoms with Gasteiger partial charge < -0.3 is 15.2 Å². The number of hydrogen-bond donors (Lipinski definition) is 1. The maximum absolute atomic E-state index is 11.4. The summed E-state index contributed by atoms with van der Waals surface area (Å²) in [6, 6.07) is 5.37. The third-order valence-electron chi connectivity index (χ3n) is 2.31. The van der Waals surface area contributed by atoms with Crippen molar-refractivity contribution >= 4 is 11.7 Å². The molecule has 1 unspecified atom stereocenters. The van der Waals surface area contributed by atoms with Crippen molar-refractivity contribution in [2.24, 2.45) is 0 Å². The van der Waals surface area contributed by atoms with Crippen molar-refractivity contribution in [2.75, 3.05) is 12.3 Å². The summed E-state index contributed by atoms with van der Waals surface area (Å²) in [6.07, 6.45) is 0.0286. The Labute approximate surface area is 88.0 Å². The van der Waals surface area contributed by atoms with Gasteiger partial charge in [0.25, 0.3) is 0 Å². The lowest BCUT2D eigenvalue weighted by Gasteiger charge is -2.08. The second-order valence-electron chi connectivity index (χ2n) is 3.43. The number of nitrogen functional groups attached to an aromatic ring is 1. The Morgan fingerprint density at radius 3 is 3.20 bits per heavy atom. The van der Waals surface area contributed by atoms with Crippen LogP contribution in [0.1, 0.15) is 12.5 Å². The molecule has 4 nitrogen and oxygen atoms in total. The summed E-state index contributed by atoms with van der Waals surface area (Å²) in [5.74, 6) is 0.412. The molecule has 1 aromatic carbocycles. The van der Waals surface area contributed by atoms with Crippen molar-refractivity contribution < 1.29 is 14.3 Å². The number of carbonyl (C=O) groups excluding carboxylic acids is 1. The topological polar surface area (TPSA) is 61.5 Å². The number of esters is 1. The zero-order chi connectivity index (χ0) is 10.8. The SMILES string of the molecule is CCOC(=O)C1Cc2cc(N)ccc2O1. The van der Waals surface area contributed by atoms with Crippen molar-refractivity contribution in [1.29, 1.82) is 0 Å². The van der Waals surface area contributed by atoms with Crippen LogP contribution in [0, 0.1) is 0 Å². The van der Waals surface area contributed by atoms with Gasteiger partial charge in [-0.2, -0.15) is 0 Å². The van der Waals surface area contributed by atoms with Gasteiger partial charge in [0.15, 0.2) is 6.10 Å².